The molecule has 0 aromatic heterocycles. The van der Waals surface area contributed by atoms with Gasteiger partial charge in [-0.3, -0.25) is 4.79 Å². The fraction of sp³-hybridized carbons (Fsp3) is 0.900. The SMILES string of the molecule is NCC1CCN(C(=O)C2(O)CC2)CC1. The van der Waals surface area contributed by atoms with Gasteiger partial charge in [-0.2, -0.15) is 0 Å². The van der Waals surface area contributed by atoms with Gasteiger partial charge < -0.3 is 15.7 Å². The maximum absolute atomic E-state index is 11.7. The minimum Gasteiger partial charge on any atom is -0.380 e. The molecule has 2 rings (SSSR count). The number of likely N-dealkylation sites (tertiary alicyclic amines) is 1. The van der Waals surface area contributed by atoms with E-state index in [1.807, 2.05) is 0 Å². The molecule has 0 atom stereocenters. The molecule has 4 nitrogen and oxygen atoms in total. The summed E-state index contributed by atoms with van der Waals surface area (Å²) in [4.78, 5) is 13.5. The van der Waals surface area contributed by atoms with Crippen molar-refractivity contribution in [3.63, 3.8) is 0 Å². The number of nitrogens with two attached hydrogens (primary N) is 1. The smallest absolute Gasteiger partial charge is 0.254 e. The van der Waals surface area contributed by atoms with Crippen LogP contribution < -0.4 is 5.73 Å². The van der Waals surface area contributed by atoms with E-state index in [1.54, 1.807) is 4.90 Å². The summed E-state index contributed by atoms with van der Waals surface area (Å²) in [6, 6.07) is 0. The third kappa shape index (κ3) is 1.77. The molecule has 0 unspecified atom stereocenters. The Balaban J connectivity index is 1.86. The van der Waals surface area contributed by atoms with E-state index in [0.29, 0.717) is 25.3 Å². The Bertz CT molecular complexity index is 230. The predicted molar refractivity (Wildman–Crippen MR) is 52.5 cm³/mol. The van der Waals surface area contributed by atoms with Gasteiger partial charge in [0.25, 0.3) is 5.91 Å². The number of amides is 1. The lowest BCUT2D eigenvalue weighted by molar-refractivity contribution is -0.143. The lowest BCUT2D eigenvalue weighted by Gasteiger charge is -2.32. The Hall–Kier alpha value is -0.610. The number of carbonyl (C=O) groups is 1. The van der Waals surface area contributed by atoms with Gasteiger partial charge in [0.2, 0.25) is 0 Å². The van der Waals surface area contributed by atoms with Crippen molar-refractivity contribution in [2.75, 3.05) is 19.6 Å². The highest BCUT2D eigenvalue weighted by Gasteiger charge is 2.50. The van der Waals surface area contributed by atoms with Gasteiger partial charge in [0.15, 0.2) is 0 Å². The second-order valence-electron chi connectivity index (χ2n) is 4.50. The number of hydrogen-bond acceptors (Lipinski definition) is 3. The molecule has 1 aliphatic carbocycles. The quantitative estimate of drug-likeness (QED) is 0.640. The zero-order chi connectivity index (χ0) is 10.2. The summed E-state index contributed by atoms with van der Waals surface area (Å²) in [6.07, 6.45) is 3.25. The van der Waals surface area contributed by atoms with Crippen molar-refractivity contribution in [3.05, 3.63) is 0 Å². The Morgan fingerprint density at radius 3 is 2.43 bits per heavy atom. The van der Waals surface area contributed by atoms with E-state index in [2.05, 4.69) is 0 Å². The molecule has 1 saturated carbocycles. The monoisotopic (exact) mass is 198 g/mol. The molecule has 0 aromatic carbocycles. The molecule has 2 aliphatic rings. The standard InChI is InChI=1S/C10H18N2O2/c11-7-8-1-5-12(6-2-8)9(13)10(14)3-4-10/h8,14H,1-7,11H2. The minimum atomic E-state index is -0.991. The van der Waals surface area contributed by atoms with Crippen molar-refractivity contribution < 1.29 is 9.90 Å². The van der Waals surface area contributed by atoms with E-state index in [0.717, 1.165) is 25.9 Å². The van der Waals surface area contributed by atoms with Crippen LogP contribution in [0.15, 0.2) is 0 Å². The molecule has 80 valence electrons. The summed E-state index contributed by atoms with van der Waals surface area (Å²) < 4.78 is 0. The van der Waals surface area contributed by atoms with Crippen LogP contribution in [0.1, 0.15) is 25.7 Å². The molecule has 1 amide bonds. The first-order chi connectivity index (χ1) is 6.65. The zero-order valence-corrected chi connectivity index (χ0v) is 8.41. The topological polar surface area (TPSA) is 66.6 Å². The second kappa shape index (κ2) is 3.51. The minimum absolute atomic E-state index is 0.0621. The van der Waals surface area contributed by atoms with Crippen molar-refractivity contribution in [3.8, 4) is 0 Å². The molecule has 14 heavy (non-hydrogen) atoms. The third-order valence-electron chi connectivity index (χ3n) is 3.36. The molecule has 0 radical (unpaired) electrons. The Morgan fingerprint density at radius 1 is 1.43 bits per heavy atom. The molecule has 4 heteroatoms. The average molecular weight is 198 g/mol. The largest absolute Gasteiger partial charge is 0.380 e. The zero-order valence-electron chi connectivity index (χ0n) is 8.41. The second-order valence-corrected chi connectivity index (χ2v) is 4.50. The Morgan fingerprint density at radius 2 is 2.00 bits per heavy atom. The summed E-state index contributed by atoms with van der Waals surface area (Å²) in [5.41, 5.74) is 4.58. The van der Waals surface area contributed by atoms with Crippen molar-refractivity contribution in [1.82, 2.24) is 4.90 Å². The Kier molecular flexibility index (Phi) is 2.49. The Labute approximate surface area is 84.1 Å². The van der Waals surface area contributed by atoms with Crippen LogP contribution >= 0.6 is 0 Å². The molecular formula is C10H18N2O2. The number of rotatable bonds is 2. The van der Waals surface area contributed by atoms with Gasteiger partial charge >= 0.3 is 0 Å². The van der Waals surface area contributed by atoms with E-state index in [9.17, 15) is 9.90 Å². The molecule has 0 aromatic rings. The van der Waals surface area contributed by atoms with Crippen LogP contribution in [0.4, 0.5) is 0 Å². The van der Waals surface area contributed by atoms with E-state index in [1.165, 1.54) is 0 Å². The van der Waals surface area contributed by atoms with Crippen LogP contribution in [0.5, 0.6) is 0 Å². The van der Waals surface area contributed by atoms with Gasteiger partial charge in [-0.05, 0) is 38.1 Å². The van der Waals surface area contributed by atoms with Crippen LogP contribution in [0.2, 0.25) is 0 Å². The highest BCUT2D eigenvalue weighted by atomic mass is 16.3. The fourth-order valence-electron chi connectivity index (χ4n) is 2.00. The van der Waals surface area contributed by atoms with Crippen LogP contribution in [-0.2, 0) is 4.79 Å². The lowest BCUT2D eigenvalue weighted by atomic mass is 9.97. The van der Waals surface area contributed by atoms with Crippen LogP contribution in [0, 0.1) is 5.92 Å². The number of piperidine rings is 1. The van der Waals surface area contributed by atoms with Crippen LogP contribution in [0.25, 0.3) is 0 Å². The number of carbonyl (C=O) groups excluding carboxylic acids is 1. The summed E-state index contributed by atoms with van der Waals surface area (Å²) in [5, 5.41) is 9.66. The fourth-order valence-corrected chi connectivity index (χ4v) is 2.00. The summed E-state index contributed by atoms with van der Waals surface area (Å²) >= 11 is 0. The van der Waals surface area contributed by atoms with Gasteiger partial charge in [-0.25, -0.2) is 0 Å². The molecule has 0 bridgehead atoms. The molecule has 0 spiro atoms. The summed E-state index contributed by atoms with van der Waals surface area (Å²) in [5.74, 6) is 0.501. The van der Waals surface area contributed by atoms with Crippen molar-refractivity contribution in [2.24, 2.45) is 11.7 Å². The van der Waals surface area contributed by atoms with E-state index in [-0.39, 0.29) is 5.91 Å². The first-order valence-corrected chi connectivity index (χ1v) is 5.37. The summed E-state index contributed by atoms with van der Waals surface area (Å²) in [7, 11) is 0. The number of aliphatic hydroxyl groups is 1. The van der Waals surface area contributed by atoms with E-state index < -0.39 is 5.60 Å². The first-order valence-electron chi connectivity index (χ1n) is 5.37. The highest BCUT2D eigenvalue weighted by molar-refractivity contribution is 5.87. The maximum Gasteiger partial charge on any atom is 0.254 e. The van der Waals surface area contributed by atoms with Gasteiger partial charge in [0.05, 0.1) is 0 Å². The molecule has 3 N–H and O–H groups in total. The van der Waals surface area contributed by atoms with Gasteiger partial charge in [0.1, 0.15) is 5.60 Å². The van der Waals surface area contributed by atoms with Crippen molar-refractivity contribution in [2.45, 2.75) is 31.3 Å². The van der Waals surface area contributed by atoms with Crippen LogP contribution in [0.3, 0.4) is 0 Å². The molecule has 2 fully saturated rings. The van der Waals surface area contributed by atoms with Gasteiger partial charge in [-0.15, -0.1) is 0 Å². The van der Waals surface area contributed by atoms with Crippen molar-refractivity contribution >= 4 is 5.91 Å². The molecular weight excluding hydrogens is 180 g/mol. The van der Waals surface area contributed by atoms with E-state index >= 15 is 0 Å². The maximum atomic E-state index is 11.7. The number of hydrogen-bond donors (Lipinski definition) is 2. The van der Waals surface area contributed by atoms with E-state index in [4.69, 9.17) is 5.73 Å². The third-order valence-corrected chi connectivity index (χ3v) is 3.36. The number of nitrogens with zero attached hydrogens (tertiary/aromatic N) is 1. The molecule has 1 saturated heterocycles. The van der Waals surface area contributed by atoms with Gasteiger partial charge in [0, 0.05) is 13.1 Å². The van der Waals surface area contributed by atoms with Crippen molar-refractivity contribution in [1.29, 1.82) is 0 Å². The predicted octanol–water partition coefficient (Wildman–Crippen LogP) is -0.291. The average Bonchev–Trinajstić information content (AvgIpc) is 2.97. The highest BCUT2D eigenvalue weighted by Crippen LogP contribution is 2.37. The molecule has 1 heterocycles. The first kappa shape index (κ1) is 9.93. The molecule has 1 aliphatic heterocycles. The van der Waals surface area contributed by atoms with Crippen LogP contribution in [-0.4, -0.2) is 41.1 Å². The summed E-state index contributed by atoms with van der Waals surface area (Å²) in [6.45, 7) is 2.25. The van der Waals surface area contributed by atoms with Gasteiger partial charge in [-0.1, -0.05) is 0 Å². The normalized spacial score (nSPS) is 26.3. The lowest BCUT2D eigenvalue weighted by Crippen LogP contribution is -2.45.